The predicted octanol–water partition coefficient (Wildman–Crippen LogP) is 3.78. The maximum atomic E-state index is 12.9. The molecule has 146 valence electrons. The van der Waals surface area contributed by atoms with Crippen LogP contribution < -0.4 is 5.32 Å². The number of halogens is 1. The fraction of sp³-hybridized carbons (Fsp3) is 0.286. The van der Waals surface area contributed by atoms with Gasteiger partial charge in [-0.25, -0.2) is 4.39 Å². The molecule has 0 aliphatic carbocycles. The summed E-state index contributed by atoms with van der Waals surface area (Å²) in [7, 11) is 0. The van der Waals surface area contributed by atoms with Gasteiger partial charge in [0.2, 0.25) is 5.91 Å². The highest BCUT2D eigenvalue weighted by Crippen LogP contribution is 2.24. The zero-order valence-corrected chi connectivity index (χ0v) is 17.0. The highest BCUT2D eigenvalue weighted by molar-refractivity contribution is 7.99. The topological polar surface area (TPSA) is 59.8 Å². The quantitative estimate of drug-likeness (QED) is 0.616. The molecule has 0 atom stereocenters. The van der Waals surface area contributed by atoms with Crippen molar-refractivity contribution in [3.05, 3.63) is 70.8 Å². The van der Waals surface area contributed by atoms with Gasteiger partial charge in [-0.15, -0.1) is 10.2 Å². The monoisotopic (exact) mass is 398 g/mol. The summed E-state index contributed by atoms with van der Waals surface area (Å²) in [4.78, 5) is 12.2. The van der Waals surface area contributed by atoms with Crippen LogP contribution in [0, 0.1) is 26.6 Å². The van der Waals surface area contributed by atoms with Crippen molar-refractivity contribution < 1.29 is 9.18 Å². The van der Waals surface area contributed by atoms with E-state index in [1.807, 2.05) is 25.3 Å². The summed E-state index contributed by atoms with van der Waals surface area (Å²) in [6.07, 6.45) is 0.661. The minimum Gasteiger partial charge on any atom is -0.355 e. The number of hydrogen-bond acceptors (Lipinski definition) is 4. The number of rotatable bonds is 7. The lowest BCUT2D eigenvalue weighted by atomic mass is 10.1. The average molecular weight is 399 g/mol. The molecule has 1 aromatic heterocycles. The lowest BCUT2D eigenvalue weighted by Crippen LogP contribution is -2.27. The van der Waals surface area contributed by atoms with Crippen LogP contribution >= 0.6 is 11.8 Å². The Morgan fingerprint density at radius 1 is 1.11 bits per heavy atom. The summed E-state index contributed by atoms with van der Waals surface area (Å²) < 4.78 is 14.9. The van der Waals surface area contributed by atoms with Crippen LogP contribution in [-0.2, 0) is 11.2 Å². The molecular formula is C21H23FN4OS. The van der Waals surface area contributed by atoms with Crippen molar-refractivity contribution in [2.45, 2.75) is 32.3 Å². The molecule has 3 aromatic rings. The maximum absolute atomic E-state index is 12.9. The molecule has 0 aliphatic rings. The molecule has 0 bridgehead atoms. The van der Waals surface area contributed by atoms with Crippen molar-refractivity contribution in [2.75, 3.05) is 12.3 Å². The van der Waals surface area contributed by atoms with E-state index in [-0.39, 0.29) is 17.5 Å². The molecule has 0 unspecified atom stereocenters. The first-order valence-corrected chi connectivity index (χ1v) is 10.1. The first-order valence-electron chi connectivity index (χ1n) is 9.07. The van der Waals surface area contributed by atoms with E-state index in [4.69, 9.17) is 0 Å². The number of hydrogen-bond donors (Lipinski definition) is 1. The standard InChI is InChI=1S/C21H23FN4OS/c1-14-4-5-15(2)19(12-14)26-16(3)24-25-21(26)28-13-20(27)23-11-10-17-6-8-18(22)9-7-17/h4-9,12H,10-11,13H2,1-3H3,(H,23,27). The molecular weight excluding hydrogens is 375 g/mol. The van der Waals surface area contributed by atoms with Crippen molar-refractivity contribution in [3.63, 3.8) is 0 Å². The first kappa shape index (κ1) is 20.1. The number of carbonyl (C=O) groups is 1. The number of amides is 1. The van der Waals surface area contributed by atoms with Crippen molar-refractivity contribution in [1.29, 1.82) is 0 Å². The predicted molar refractivity (Wildman–Crippen MR) is 109 cm³/mol. The third-order valence-corrected chi connectivity index (χ3v) is 5.31. The number of carbonyl (C=O) groups excluding carboxylic acids is 1. The number of benzene rings is 2. The van der Waals surface area contributed by atoms with Crippen LogP contribution in [0.25, 0.3) is 5.69 Å². The SMILES string of the molecule is Cc1ccc(C)c(-n2c(C)nnc2SCC(=O)NCCc2ccc(F)cc2)c1. The van der Waals surface area contributed by atoms with Gasteiger partial charge in [0.25, 0.3) is 0 Å². The van der Waals surface area contributed by atoms with Gasteiger partial charge in [-0.3, -0.25) is 9.36 Å². The van der Waals surface area contributed by atoms with Crippen molar-refractivity contribution >= 4 is 17.7 Å². The number of nitrogens with zero attached hydrogens (tertiary/aromatic N) is 3. The Bertz CT molecular complexity index is 969. The van der Waals surface area contributed by atoms with E-state index in [0.717, 1.165) is 28.2 Å². The van der Waals surface area contributed by atoms with E-state index in [2.05, 4.69) is 33.7 Å². The molecule has 5 nitrogen and oxygen atoms in total. The molecule has 0 radical (unpaired) electrons. The summed E-state index contributed by atoms with van der Waals surface area (Å²) in [5, 5.41) is 12.0. The zero-order chi connectivity index (χ0) is 20.1. The number of aromatic nitrogens is 3. The Kier molecular flexibility index (Phi) is 6.46. The fourth-order valence-electron chi connectivity index (χ4n) is 2.85. The van der Waals surface area contributed by atoms with Gasteiger partial charge in [0.1, 0.15) is 11.6 Å². The normalized spacial score (nSPS) is 10.9. The van der Waals surface area contributed by atoms with Crippen molar-refractivity contribution in [1.82, 2.24) is 20.1 Å². The van der Waals surface area contributed by atoms with Crippen LogP contribution in [0.15, 0.2) is 47.6 Å². The van der Waals surface area contributed by atoms with Gasteiger partial charge < -0.3 is 5.32 Å². The minimum absolute atomic E-state index is 0.0692. The highest BCUT2D eigenvalue weighted by Gasteiger charge is 2.15. The van der Waals surface area contributed by atoms with E-state index in [9.17, 15) is 9.18 Å². The van der Waals surface area contributed by atoms with Crippen LogP contribution in [0.3, 0.4) is 0 Å². The summed E-state index contributed by atoms with van der Waals surface area (Å²) in [5.74, 6) is 0.715. The second-order valence-electron chi connectivity index (χ2n) is 6.67. The third kappa shape index (κ3) is 4.98. The Labute approximate surface area is 168 Å². The van der Waals surface area contributed by atoms with Crippen LogP contribution in [0.1, 0.15) is 22.5 Å². The Morgan fingerprint density at radius 3 is 2.61 bits per heavy atom. The average Bonchev–Trinajstić information content (AvgIpc) is 3.04. The van der Waals surface area contributed by atoms with Crippen LogP contribution in [0.4, 0.5) is 4.39 Å². The Hall–Kier alpha value is -2.67. The van der Waals surface area contributed by atoms with E-state index in [1.54, 1.807) is 12.1 Å². The van der Waals surface area contributed by atoms with Gasteiger partial charge in [0.05, 0.1) is 11.4 Å². The van der Waals surface area contributed by atoms with E-state index >= 15 is 0 Å². The van der Waals surface area contributed by atoms with Crippen LogP contribution in [0.5, 0.6) is 0 Å². The molecule has 28 heavy (non-hydrogen) atoms. The second kappa shape index (κ2) is 9.01. The van der Waals surface area contributed by atoms with Crippen molar-refractivity contribution in [2.24, 2.45) is 0 Å². The lowest BCUT2D eigenvalue weighted by molar-refractivity contribution is -0.118. The Balaban J connectivity index is 1.58. The molecule has 0 spiro atoms. The molecule has 2 aromatic carbocycles. The number of nitrogens with one attached hydrogen (secondary N) is 1. The Morgan fingerprint density at radius 2 is 1.86 bits per heavy atom. The van der Waals surface area contributed by atoms with Gasteiger partial charge in [-0.2, -0.15) is 0 Å². The minimum atomic E-state index is -0.257. The van der Waals surface area contributed by atoms with Crippen LogP contribution in [-0.4, -0.2) is 33.0 Å². The van der Waals surface area contributed by atoms with Gasteiger partial charge in [0.15, 0.2) is 5.16 Å². The summed E-state index contributed by atoms with van der Waals surface area (Å²) >= 11 is 1.36. The van der Waals surface area contributed by atoms with E-state index in [0.29, 0.717) is 18.1 Å². The van der Waals surface area contributed by atoms with E-state index in [1.165, 1.54) is 23.9 Å². The van der Waals surface area contributed by atoms with Gasteiger partial charge in [-0.05, 0) is 62.1 Å². The van der Waals surface area contributed by atoms with Gasteiger partial charge in [-0.1, -0.05) is 36.0 Å². The molecule has 3 rings (SSSR count). The lowest BCUT2D eigenvalue weighted by Gasteiger charge is -2.12. The largest absolute Gasteiger partial charge is 0.355 e. The zero-order valence-electron chi connectivity index (χ0n) is 16.2. The van der Waals surface area contributed by atoms with Gasteiger partial charge in [0, 0.05) is 6.54 Å². The maximum Gasteiger partial charge on any atom is 0.230 e. The second-order valence-corrected chi connectivity index (χ2v) is 7.61. The summed E-state index contributed by atoms with van der Waals surface area (Å²) in [5.41, 5.74) is 4.30. The highest BCUT2D eigenvalue weighted by atomic mass is 32.2. The van der Waals surface area contributed by atoms with Crippen LogP contribution in [0.2, 0.25) is 0 Å². The smallest absolute Gasteiger partial charge is 0.230 e. The molecule has 7 heteroatoms. The molecule has 0 aliphatic heterocycles. The molecule has 1 N–H and O–H groups in total. The first-order chi connectivity index (χ1) is 13.4. The molecule has 0 fully saturated rings. The number of aryl methyl sites for hydroxylation is 3. The fourth-order valence-corrected chi connectivity index (χ4v) is 3.67. The number of thioether (sulfide) groups is 1. The molecule has 1 heterocycles. The molecule has 0 saturated carbocycles. The van der Waals surface area contributed by atoms with Gasteiger partial charge >= 0.3 is 0 Å². The summed E-state index contributed by atoms with van der Waals surface area (Å²) in [6.45, 7) is 6.50. The summed E-state index contributed by atoms with van der Waals surface area (Å²) in [6, 6.07) is 12.5. The van der Waals surface area contributed by atoms with E-state index < -0.39 is 0 Å². The molecule has 0 saturated heterocycles. The van der Waals surface area contributed by atoms with Crippen molar-refractivity contribution in [3.8, 4) is 5.69 Å². The molecule has 1 amide bonds. The third-order valence-electron chi connectivity index (χ3n) is 4.38.